The van der Waals surface area contributed by atoms with E-state index in [1.807, 2.05) is 34.1 Å². The minimum Gasteiger partial charge on any atom is -0.396 e. The van der Waals surface area contributed by atoms with Gasteiger partial charge in [-0.25, -0.2) is 4.98 Å². The molecule has 1 aromatic rings. The van der Waals surface area contributed by atoms with Gasteiger partial charge in [-0.2, -0.15) is 0 Å². The second-order valence-electron chi connectivity index (χ2n) is 26.0. The zero-order valence-electron chi connectivity index (χ0n) is 43.1. The van der Waals surface area contributed by atoms with Crippen molar-refractivity contribution in [2.45, 2.75) is 192 Å². The zero-order chi connectivity index (χ0) is 50.0. The molecular formula is C57H85N5O7S2. The maximum atomic E-state index is 14.9. The van der Waals surface area contributed by atoms with E-state index in [0.717, 1.165) is 43.4 Å². The number of hydrogen-bond acceptors (Lipinski definition) is 11. The number of carbonyl (C=O) groups is 1. The van der Waals surface area contributed by atoms with Crippen LogP contribution in [0.2, 0.25) is 0 Å². The van der Waals surface area contributed by atoms with Gasteiger partial charge in [0.25, 0.3) is 0 Å². The number of nitrogens with one attached hydrogen (secondary N) is 1. The Morgan fingerprint density at radius 3 is 2.48 bits per heavy atom. The van der Waals surface area contributed by atoms with Crippen LogP contribution in [0.5, 0.6) is 0 Å². The fourth-order valence-corrected chi connectivity index (χ4v) is 22.8. The highest BCUT2D eigenvalue weighted by Crippen LogP contribution is 2.75. The van der Waals surface area contributed by atoms with Crippen molar-refractivity contribution in [1.82, 2.24) is 14.9 Å². The highest BCUT2D eigenvalue weighted by atomic mass is 33.1. The number of guanidine groups is 1. The third-order valence-electron chi connectivity index (χ3n) is 21.9. The summed E-state index contributed by atoms with van der Waals surface area (Å²) in [5.74, 6) is -0.0914. The SMILES string of the molecule is C[C@H](O)NC(N)=NC[C@H]1C[C@]2(C)[C@@H]3C[C@H]([C@@H](CCCO)SSC[C@H](n4ccnc4)CC(C)(C)C4=C5CCCC6(CCCC6)[C@@H]5C5=C6[C@@H](CCC5)C[C@@H]3[C@H](O)[C@H]64)[C@@]2(O)C2=CC(=O)[C@@H]3C[C@@H](O)[C@@H](O)C[C@]3(C)[C@H]21. The van der Waals surface area contributed by atoms with Crippen LogP contribution in [0.25, 0.3) is 0 Å². The quantitative estimate of drug-likeness (QED) is 0.0430. The number of aliphatic imine (C=N–C) groups is 1. The van der Waals surface area contributed by atoms with Gasteiger partial charge in [0.2, 0.25) is 0 Å². The van der Waals surface area contributed by atoms with E-state index in [0.29, 0.717) is 42.9 Å². The summed E-state index contributed by atoms with van der Waals surface area (Å²) >= 11 is 0. The number of aliphatic hydroxyl groups excluding tert-OH is 5. The van der Waals surface area contributed by atoms with Crippen LogP contribution in [0, 0.1) is 74.9 Å². The predicted octanol–water partition coefficient (Wildman–Crippen LogP) is 8.04. The molecule has 0 unspecified atom stereocenters. The van der Waals surface area contributed by atoms with Crippen molar-refractivity contribution in [1.29, 1.82) is 0 Å². The molecule has 4 bridgehead atoms. The average molecular weight is 1020 g/mol. The molecule has 10 aliphatic rings. The third-order valence-corrected chi connectivity index (χ3v) is 24.9. The first-order valence-corrected chi connectivity index (χ1v) is 30.3. The monoisotopic (exact) mass is 1020 g/mol. The van der Waals surface area contributed by atoms with Crippen LogP contribution in [0.3, 0.4) is 0 Å². The first-order chi connectivity index (χ1) is 33.9. The van der Waals surface area contributed by atoms with Gasteiger partial charge in [0.1, 0.15) is 6.23 Å². The van der Waals surface area contributed by atoms with Gasteiger partial charge in [-0.3, -0.25) is 9.79 Å². The summed E-state index contributed by atoms with van der Waals surface area (Å²) in [4.78, 5) is 24.4. The first-order valence-electron chi connectivity index (χ1n) is 28.0. The molecule has 0 amide bonds. The second kappa shape index (κ2) is 18.8. The van der Waals surface area contributed by atoms with Crippen LogP contribution < -0.4 is 11.1 Å². The highest BCUT2D eigenvalue weighted by Gasteiger charge is 2.74. The topological polar surface area (TPSA) is 207 Å². The molecule has 9 N–H and O–H groups in total. The van der Waals surface area contributed by atoms with E-state index < -0.39 is 46.9 Å². The summed E-state index contributed by atoms with van der Waals surface area (Å²) < 4.78 is 2.31. The summed E-state index contributed by atoms with van der Waals surface area (Å²) in [5.41, 5.74) is 10.7. The fourth-order valence-electron chi connectivity index (χ4n) is 19.5. The molecule has 0 aromatic carbocycles. The molecule has 12 nitrogen and oxygen atoms in total. The number of aromatic nitrogens is 2. The lowest BCUT2D eigenvalue weighted by Crippen LogP contribution is -2.66. The molecule has 0 radical (unpaired) electrons. The number of nitrogens with zero attached hydrogens (tertiary/aromatic N) is 3. The molecule has 6 saturated carbocycles. The number of aliphatic hydroxyl groups is 6. The lowest BCUT2D eigenvalue weighted by Gasteiger charge is -2.64. The van der Waals surface area contributed by atoms with E-state index in [-0.39, 0.29) is 90.0 Å². The maximum absolute atomic E-state index is 14.9. The summed E-state index contributed by atoms with van der Waals surface area (Å²) in [6, 6.07) is 0.125. The van der Waals surface area contributed by atoms with Gasteiger partial charge in [-0.15, -0.1) is 0 Å². The Kier molecular flexibility index (Phi) is 13.5. The maximum Gasteiger partial charge on any atom is 0.190 e. The molecule has 11 rings (SSSR count). The largest absolute Gasteiger partial charge is 0.396 e. The van der Waals surface area contributed by atoms with E-state index in [4.69, 9.17) is 10.7 Å². The van der Waals surface area contributed by atoms with Gasteiger partial charge in [0, 0.05) is 71.7 Å². The lowest BCUT2D eigenvalue weighted by molar-refractivity contribution is -0.172. The number of rotatable bonds is 7. The van der Waals surface area contributed by atoms with Crippen molar-refractivity contribution in [3.63, 3.8) is 0 Å². The van der Waals surface area contributed by atoms with Gasteiger partial charge >= 0.3 is 0 Å². The van der Waals surface area contributed by atoms with Crippen molar-refractivity contribution < 1.29 is 35.4 Å². The van der Waals surface area contributed by atoms with Crippen molar-refractivity contribution in [3.8, 4) is 0 Å². The number of hydrogen-bond donors (Lipinski definition) is 8. The van der Waals surface area contributed by atoms with E-state index >= 15 is 0 Å². The van der Waals surface area contributed by atoms with E-state index in [1.165, 1.54) is 50.5 Å². The van der Waals surface area contributed by atoms with Crippen LogP contribution >= 0.6 is 21.6 Å². The zero-order valence-corrected chi connectivity index (χ0v) is 44.8. The normalized spacial score (nSPS) is 45.3. The second-order valence-corrected chi connectivity index (χ2v) is 28.7. The molecule has 1 spiro atoms. The van der Waals surface area contributed by atoms with Crippen LogP contribution in [0.4, 0.5) is 0 Å². The molecule has 71 heavy (non-hydrogen) atoms. The van der Waals surface area contributed by atoms with E-state index in [2.05, 4.69) is 48.8 Å². The average Bonchev–Trinajstić information content (AvgIpc) is 4.08. The molecule has 14 heteroatoms. The Hall–Kier alpha value is -2.17. The Balaban J connectivity index is 1.12. The standard InChI is InChI=1S/C57H85N5O7S2/c1-31(64)61-52(58)60-28-33-25-55(5)38-22-40(57(55,69)41-24-42(65)39-23-43(66)44(67)27-54(39,4)48(33)41)45(14-10-20-63)71-70-29-34(62-19-18-59-30-62)26-53(2,3)50-36-13-9-17-56(15-6-7-16-56)49(36)35-12-8-11-32-21-37(38)51(68)47(50)46(32)35/h18-19,24,30-34,37-40,43-45,47-49,51,63-64,66-69H,6-17,20-23,25-29H2,1-5H3,(H3,58,60,61)/t31-,32-,33+,34+,37-,38+,39-,40+,43+,44-,45+,47+,48-,49+,51-,54-,55+,57+/m0/s1. The number of carbonyl (C=O) groups excluding carboxylic acids is 1. The van der Waals surface area contributed by atoms with Crippen LogP contribution in [0.15, 0.2) is 57.7 Å². The number of ketones is 1. The Bertz CT molecular complexity index is 2330. The van der Waals surface area contributed by atoms with Crippen LogP contribution in [0.1, 0.15) is 156 Å². The van der Waals surface area contributed by atoms with Crippen molar-refractivity contribution in [3.05, 3.63) is 52.7 Å². The summed E-state index contributed by atoms with van der Waals surface area (Å²) in [5, 5.41) is 75.1. The number of fused-ring (bicyclic) bond motifs is 14. The Labute approximate surface area is 430 Å². The number of nitrogens with two attached hydrogens (primary N) is 1. The van der Waals surface area contributed by atoms with Crippen LogP contribution in [-0.2, 0) is 4.79 Å². The Morgan fingerprint density at radius 1 is 0.986 bits per heavy atom. The van der Waals surface area contributed by atoms with Crippen molar-refractivity contribution in [2.24, 2.45) is 85.6 Å². The molecule has 1 saturated heterocycles. The van der Waals surface area contributed by atoms with Crippen molar-refractivity contribution >= 4 is 33.3 Å². The summed E-state index contributed by atoms with van der Waals surface area (Å²) in [6.07, 6.45) is 21.1. The molecule has 2 heterocycles. The number of allylic oxidation sites excluding steroid dienone is 3. The van der Waals surface area contributed by atoms with E-state index in [9.17, 15) is 35.4 Å². The minimum absolute atomic E-state index is 0.0348. The Morgan fingerprint density at radius 2 is 1.75 bits per heavy atom. The number of imidazole rings is 1. The third kappa shape index (κ3) is 7.99. The summed E-state index contributed by atoms with van der Waals surface area (Å²) in [6.45, 7) is 11.3. The van der Waals surface area contributed by atoms with Crippen molar-refractivity contribution in [2.75, 3.05) is 18.9 Å². The first kappa shape index (κ1) is 51.0. The van der Waals surface area contributed by atoms with Gasteiger partial charge in [0.05, 0.1) is 30.2 Å². The van der Waals surface area contributed by atoms with E-state index in [1.54, 1.807) is 29.7 Å². The molecule has 1 aliphatic heterocycles. The predicted molar refractivity (Wildman–Crippen MR) is 281 cm³/mol. The smallest absolute Gasteiger partial charge is 0.190 e. The minimum atomic E-state index is -1.47. The molecule has 9 aliphatic carbocycles. The molecule has 392 valence electrons. The molecular weight excluding hydrogens is 931 g/mol. The highest BCUT2D eigenvalue weighted by molar-refractivity contribution is 8.76. The summed E-state index contributed by atoms with van der Waals surface area (Å²) in [7, 11) is 3.72. The molecule has 7 fully saturated rings. The molecule has 18 atom stereocenters. The molecule has 1 aromatic heterocycles. The van der Waals surface area contributed by atoms with Gasteiger partial charge in [0.15, 0.2) is 11.7 Å². The van der Waals surface area contributed by atoms with Crippen LogP contribution in [-0.4, -0.2) is 106 Å². The van der Waals surface area contributed by atoms with Gasteiger partial charge in [-0.1, -0.05) is 84.4 Å². The van der Waals surface area contributed by atoms with Gasteiger partial charge in [-0.05, 0) is 167 Å². The fraction of sp³-hybridized carbons (Fsp3) is 0.807. The lowest BCUT2D eigenvalue weighted by atomic mass is 9.41. The van der Waals surface area contributed by atoms with Gasteiger partial charge < -0.3 is 46.3 Å².